The van der Waals surface area contributed by atoms with Crippen LogP contribution in [0.2, 0.25) is 0 Å². The second kappa shape index (κ2) is 11.0. The molecule has 1 unspecified atom stereocenters. The summed E-state index contributed by atoms with van der Waals surface area (Å²) in [5.74, 6) is 1.000. The molecular weight excluding hydrogens is 461 g/mol. The lowest BCUT2D eigenvalue weighted by molar-refractivity contribution is -0.137. The fourth-order valence-corrected chi connectivity index (χ4v) is 4.15. The Kier molecular flexibility index (Phi) is 7.77. The predicted molar refractivity (Wildman–Crippen MR) is 123 cm³/mol. The molecule has 1 amide bonds. The van der Waals surface area contributed by atoms with E-state index in [4.69, 9.17) is 13.9 Å². The highest BCUT2D eigenvalue weighted by Crippen LogP contribution is 2.29. The molecule has 1 aliphatic heterocycles. The van der Waals surface area contributed by atoms with E-state index < -0.39 is 11.7 Å². The van der Waals surface area contributed by atoms with E-state index in [9.17, 15) is 18.0 Å². The van der Waals surface area contributed by atoms with Crippen LogP contribution in [0.3, 0.4) is 0 Å². The number of alkyl halides is 3. The molecule has 0 radical (unpaired) electrons. The molecule has 1 fully saturated rings. The Bertz CT molecular complexity index is 1100. The number of ether oxygens (including phenoxy) is 2. The van der Waals surface area contributed by atoms with Crippen LogP contribution in [0, 0.1) is 0 Å². The first-order valence-electron chi connectivity index (χ1n) is 11.3. The molecule has 9 heteroatoms. The van der Waals surface area contributed by atoms with Crippen LogP contribution >= 0.6 is 0 Å². The first kappa shape index (κ1) is 24.8. The van der Waals surface area contributed by atoms with Crippen molar-refractivity contribution in [3.05, 3.63) is 89.4 Å². The molecule has 2 aromatic carbocycles. The van der Waals surface area contributed by atoms with E-state index in [1.54, 1.807) is 24.1 Å². The average molecular weight is 489 g/mol. The number of amides is 1. The summed E-state index contributed by atoms with van der Waals surface area (Å²) in [5.41, 5.74) is 0.435. The Labute approximate surface area is 201 Å². The van der Waals surface area contributed by atoms with Crippen molar-refractivity contribution in [2.24, 2.45) is 0 Å². The smallest absolute Gasteiger partial charge is 0.416 e. The molecule has 186 valence electrons. The number of carbonyl (C=O) groups is 1. The second-order valence-corrected chi connectivity index (χ2v) is 8.38. The van der Waals surface area contributed by atoms with Gasteiger partial charge in [0.25, 0.3) is 5.91 Å². The standard InChI is InChI=1S/C26H27F3N2O4/c1-33-24-7-3-2-5-20(24)15-30-12-14-35-23(16-30)18-31(17-22-6-4-13-34-22)25(32)19-8-10-21(11-9-19)26(27,28)29/h2-11,13,23H,12,14-18H2,1H3. The number of methoxy groups -OCH3 is 1. The minimum atomic E-state index is -4.46. The number of benzene rings is 2. The first-order valence-corrected chi connectivity index (χ1v) is 11.3. The molecule has 0 saturated carbocycles. The van der Waals surface area contributed by atoms with Gasteiger partial charge in [0, 0.05) is 37.3 Å². The van der Waals surface area contributed by atoms with Gasteiger partial charge in [-0.05, 0) is 42.5 Å². The summed E-state index contributed by atoms with van der Waals surface area (Å²) in [4.78, 5) is 17.1. The largest absolute Gasteiger partial charge is 0.496 e. The molecule has 0 bridgehead atoms. The topological polar surface area (TPSA) is 55.2 Å². The van der Waals surface area contributed by atoms with Gasteiger partial charge >= 0.3 is 6.18 Å². The van der Waals surface area contributed by atoms with E-state index in [0.29, 0.717) is 25.5 Å². The normalized spacial score (nSPS) is 16.7. The van der Waals surface area contributed by atoms with Crippen LogP contribution in [0.4, 0.5) is 13.2 Å². The number of rotatable bonds is 8. The third-order valence-corrected chi connectivity index (χ3v) is 5.91. The van der Waals surface area contributed by atoms with Gasteiger partial charge in [-0.2, -0.15) is 13.2 Å². The van der Waals surface area contributed by atoms with Crippen molar-refractivity contribution in [2.75, 3.05) is 33.4 Å². The zero-order chi connectivity index (χ0) is 24.8. The number of morpholine rings is 1. The molecular formula is C26H27F3N2O4. The molecule has 0 N–H and O–H groups in total. The maximum Gasteiger partial charge on any atom is 0.416 e. The summed E-state index contributed by atoms with van der Waals surface area (Å²) in [6.07, 6.45) is -3.22. The van der Waals surface area contributed by atoms with Crippen molar-refractivity contribution in [3.63, 3.8) is 0 Å². The highest BCUT2D eigenvalue weighted by Gasteiger charge is 2.31. The summed E-state index contributed by atoms with van der Waals surface area (Å²) in [6.45, 7) is 2.95. The number of para-hydroxylation sites is 1. The second-order valence-electron chi connectivity index (χ2n) is 8.38. The van der Waals surface area contributed by atoms with Gasteiger partial charge in [-0.3, -0.25) is 9.69 Å². The van der Waals surface area contributed by atoms with Crippen molar-refractivity contribution in [3.8, 4) is 5.75 Å². The summed E-state index contributed by atoms with van der Waals surface area (Å²) >= 11 is 0. The highest BCUT2D eigenvalue weighted by atomic mass is 19.4. The Morgan fingerprint density at radius 1 is 1.11 bits per heavy atom. The van der Waals surface area contributed by atoms with Gasteiger partial charge in [-0.15, -0.1) is 0 Å². The fraction of sp³-hybridized carbons (Fsp3) is 0.346. The molecule has 4 rings (SSSR count). The van der Waals surface area contributed by atoms with Gasteiger partial charge < -0.3 is 18.8 Å². The van der Waals surface area contributed by atoms with Crippen molar-refractivity contribution >= 4 is 5.91 Å². The molecule has 3 aromatic rings. The number of halogens is 3. The Morgan fingerprint density at radius 3 is 2.57 bits per heavy atom. The summed E-state index contributed by atoms with van der Waals surface area (Å²) in [5, 5.41) is 0. The SMILES string of the molecule is COc1ccccc1CN1CCOC(CN(Cc2ccco2)C(=O)c2ccc(C(F)(F)F)cc2)C1. The van der Waals surface area contributed by atoms with Gasteiger partial charge in [0.15, 0.2) is 0 Å². The fourth-order valence-electron chi connectivity index (χ4n) is 4.15. The van der Waals surface area contributed by atoms with E-state index in [-0.39, 0.29) is 30.7 Å². The summed E-state index contributed by atoms with van der Waals surface area (Å²) in [6, 6.07) is 15.5. The van der Waals surface area contributed by atoms with Crippen LogP contribution in [0.5, 0.6) is 5.75 Å². The molecule has 0 aliphatic carbocycles. The van der Waals surface area contributed by atoms with E-state index in [1.807, 2.05) is 24.3 Å². The maximum atomic E-state index is 13.3. The van der Waals surface area contributed by atoms with Crippen LogP contribution in [0.1, 0.15) is 27.2 Å². The lowest BCUT2D eigenvalue weighted by atomic mass is 10.1. The monoisotopic (exact) mass is 488 g/mol. The zero-order valence-corrected chi connectivity index (χ0v) is 19.3. The van der Waals surface area contributed by atoms with Gasteiger partial charge in [0.05, 0.1) is 38.2 Å². The molecule has 35 heavy (non-hydrogen) atoms. The Morgan fingerprint density at radius 2 is 1.89 bits per heavy atom. The van der Waals surface area contributed by atoms with Crippen LogP contribution in [-0.2, 0) is 24.0 Å². The lowest BCUT2D eigenvalue weighted by Gasteiger charge is -2.36. The molecule has 0 spiro atoms. The van der Waals surface area contributed by atoms with Crippen molar-refractivity contribution in [2.45, 2.75) is 25.4 Å². The average Bonchev–Trinajstić information content (AvgIpc) is 3.36. The van der Waals surface area contributed by atoms with Crippen LogP contribution in [0.15, 0.2) is 71.3 Å². The summed E-state index contributed by atoms with van der Waals surface area (Å²) < 4.78 is 55.7. The van der Waals surface area contributed by atoms with Crippen LogP contribution in [0.25, 0.3) is 0 Å². The van der Waals surface area contributed by atoms with Crippen molar-refractivity contribution < 1.29 is 31.9 Å². The molecule has 1 saturated heterocycles. The number of furan rings is 1. The van der Waals surface area contributed by atoms with E-state index in [1.165, 1.54) is 18.4 Å². The van der Waals surface area contributed by atoms with Crippen molar-refractivity contribution in [1.29, 1.82) is 0 Å². The first-order chi connectivity index (χ1) is 16.8. The number of nitrogens with zero attached hydrogens (tertiary/aromatic N) is 2. The van der Waals surface area contributed by atoms with Gasteiger partial charge in [-0.1, -0.05) is 18.2 Å². The van der Waals surface area contributed by atoms with Gasteiger partial charge in [0.2, 0.25) is 0 Å². The molecule has 1 aromatic heterocycles. The van der Waals surface area contributed by atoms with Crippen LogP contribution in [-0.4, -0.2) is 55.2 Å². The van der Waals surface area contributed by atoms with Crippen molar-refractivity contribution in [1.82, 2.24) is 9.80 Å². The number of carbonyl (C=O) groups excluding carboxylic acids is 1. The zero-order valence-electron chi connectivity index (χ0n) is 19.3. The van der Waals surface area contributed by atoms with E-state index >= 15 is 0 Å². The minimum absolute atomic E-state index is 0.172. The van der Waals surface area contributed by atoms with E-state index in [0.717, 1.165) is 30.0 Å². The van der Waals surface area contributed by atoms with Gasteiger partial charge in [0.1, 0.15) is 11.5 Å². The molecule has 1 aliphatic rings. The number of hydrogen-bond donors (Lipinski definition) is 0. The molecule has 1 atom stereocenters. The number of hydrogen-bond acceptors (Lipinski definition) is 5. The quantitative estimate of drug-likeness (QED) is 0.454. The summed E-state index contributed by atoms with van der Waals surface area (Å²) in [7, 11) is 1.64. The van der Waals surface area contributed by atoms with Crippen LogP contribution < -0.4 is 4.74 Å². The highest BCUT2D eigenvalue weighted by molar-refractivity contribution is 5.94. The molecule has 6 nitrogen and oxygen atoms in total. The minimum Gasteiger partial charge on any atom is -0.496 e. The molecule has 2 heterocycles. The Balaban J connectivity index is 1.47. The lowest BCUT2D eigenvalue weighted by Crippen LogP contribution is -2.48. The third kappa shape index (κ3) is 6.43. The third-order valence-electron chi connectivity index (χ3n) is 5.91. The Hall–Kier alpha value is -3.30. The van der Waals surface area contributed by atoms with E-state index in [2.05, 4.69) is 4.90 Å². The maximum absolute atomic E-state index is 13.3. The predicted octanol–water partition coefficient (Wildman–Crippen LogP) is 4.85. The van der Waals surface area contributed by atoms with Gasteiger partial charge in [-0.25, -0.2) is 0 Å².